The van der Waals surface area contributed by atoms with Crippen LogP contribution >= 0.6 is 0 Å². The van der Waals surface area contributed by atoms with Crippen LogP contribution in [0.25, 0.3) is 0 Å². The molecular formula is C22H31N5O8. The highest BCUT2D eigenvalue weighted by molar-refractivity contribution is 5.97. The van der Waals surface area contributed by atoms with Gasteiger partial charge in [-0.25, -0.2) is 9.78 Å². The highest BCUT2D eigenvalue weighted by atomic mass is 16.5. The number of aliphatic carboxylic acids is 1. The van der Waals surface area contributed by atoms with Gasteiger partial charge < -0.3 is 34.4 Å². The Hall–Kier alpha value is -3.29. The number of imide groups is 1. The number of carbonyl (C=O) groups excluding carboxylic acids is 3. The smallest absolute Gasteiger partial charge is 0.324 e. The summed E-state index contributed by atoms with van der Waals surface area (Å²) in [4.78, 5) is 53.8. The number of ether oxygens (including phenoxy) is 3. The third kappa shape index (κ3) is 8.46. The minimum atomic E-state index is -0.897. The minimum absolute atomic E-state index is 0.0289. The molecule has 2 aliphatic heterocycles. The average Bonchev–Trinajstić information content (AvgIpc) is 2.80. The maximum absolute atomic E-state index is 12.3. The first-order valence-corrected chi connectivity index (χ1v) is 11.5. The molecule has 0 bridgehead atoms. The quantitative estimate of drug-likeness (QED) is 0.271. The molecule has 0 atom stereocenters. The van der Waals surface area contributed by atoms with E-state index in [-0.39, 0.29) is 36.9 Å². The van der Waals surface area contributed by atoms with Gasteiger partial charge in [0.1, 0.15) is 5.82 Å². The van der Waals surface area contributed by atoms with Crippen LogP contribution in [0.2, 0.25) is 0 Å². The standard InChI is InChI=1S/C22H31N5O8/c28-19-3-6-27(22(32)25-19)17-14-26(15-17)18-2-1-16(13-24-18)21(31)23-5-8-34-10-12-35-11-9-33-7-4-20(29)30/h1-2,13,17H,3-12,14-15H2,(H,23,31)(H,29,30)(H,25,28,32). The number of nitrogens with zero attached hydrogens (tertiary/aromatic N) is 3. The van der Waals surface area contributed by atoms with Crippen LogP contribution in [-0.2, 0) is 23.8 Å². The van der Waals surface area contributed by atoms with Crippen LogP contribution in [0.4, 0.5) is 10.6 Å². The topological polar surface area (TPSA) is 160 Å². The molecule has 0 saturated carbocycles. The van der Waals surface area contributed by atoms with E-state index < -0.39 is 5.97 Å². The van der Waals surface area contributed by atoms with Crippen molar-refractivity contribution in [3.8, 4) is 0 Å². The van der Waals surface area contributed by atoms with Crippen molar-refractivity contribution in [3.63, 3.8) is 0 Å². The second-order valence-electron chi connectivity index (χ2n) is 8.00. The molecule has 2 saturated heterocycles. The molecule has 35 heavy (non-hydrogen) atoms. The van der Waals surface area contributed by atoms with E-state index in [2.05, 4.69) is 15.6 Å². The Morgan fingerprint density at radius 3 is 2.37 bits per heavy atom. The number of urea groups is 1. The number of hydrogen-bond acceptors (Lipinski definition) is 9. The molecule has 0 aliphatic carbocycles. The zero-order chi connectivity index (χ0) is 25.0. The molecule has 13 nitrogen and oxygen atoms in total. The maximum atomic E-state index is 12.3. The summed E-state index contributed by atoms with van der Waals surface area (Å²) in [5, 5.41) is 13.6. The second-order valence-corrected chi connectivity index (χ2v) is 8.00. The number of carbonyl (C=O) groups is 4. The SMILES string of the molecule is O=C(O)CCOCCOCCOCCNC(=O)c1ccc(N2CC(N3CCC(=O)NC3=O)C2)nc1. The van der Waals surface area contributed by atoms with E-state index in [1.807, 2.05) is 4.90 Å². The molecule has 1 aromatic heterocycles. The summed E-state index contributed by atoms with van der Waals surface area (Å²) < 4.78 is 15.8. The van der Waals surface area contributed by atoms with Gasteiger partial charge in [-0.2, -0.15) is 0 Å². The molecular weight excluding hydrogens is 462 g/mol. The molecule has 13 heteroatoms. The predicted molar refractivity (Wildman–Crippen MR) is 122 cm³/mol. The summed E-state index contributed by atoms with van der Waals surface area (Å²) in [5.74, 6) is -0.667. The van der Waals surface area contributed by atoms with Gasteiger partial charge in [-0.15, -0.1) is 0 Å². The normalized spacial score (nSPS) is 16.1. The van der Waals surface area contributed by atoms with Crippen LogP contribution in [0.3, 0.4) is 0 Å². The van der Waals surface area contributed by atoms with Gasteiger partial charge in [-0.1, -0.05) is 0 Å². The van der Waals surface area contributed by atoms with Gasteiger partial charge in [0, 0.05) is 38.8 Å². The first kappa shape index (κ1) is 26.3. The van der Waals surface area contributed by atoms with Gasteiger partial charge in [0.15, 0.2) is 0 Å². The van der Waals surface area contributed by atoms with Crippen molar-refractivity contribution in [2.24, 2.45) is 0 Å². The monoisotopic (exact) mass is 493 g/mol. The lowest BCUT2D eigenvalue weighted by atomic mass is 10.1. The number of rotatable bonds is 15. The summed E-state index contributed by atoms with van der Waals surface area (Å²) in [6.07, 6.45) is 1.80. The van der Waals surface area contributed by atoms with Crippen LogP contribution in [0, 0.1) is 0 Å². The number of carboxylic acid groups (broad SMARTS) is 1. The number of pyridine rings is 1. The van der Waals surface area contributed by atoms with Crippen molar-refractivity contribution in [2.45, 2.75) is 18.9 Å². The Morgan fingerprint density at radius 1 is 1.06 bits per heavy atom. The second kappa shape index (κ2) is 13.6. The Balaban J connectivity index is 1.22. The fourth-order valence-electron chi connectivity index (χ4n) is 3.51. The van der Waals surface area contributed by atoms with Crippen molar-refractivity contribution in [1.82, 2.24) is 20.5 Å². The molecule has 4 amide bonds. The van der Waals surface area contributed by atoms with E-state index in [4.69, 9.17) is 19.3 Å². The number of anilines is 1. The molecule has 3 N–H and O–H groups in total. The van der Waals surface area contributed by atoms with Crippen molar-refractivity contribution < 1.29 is 38.5 Å². The summed E-state index contributed by atoms with van der Waals surface area (Å²) in [7, 11) is 0. The van der Waals surface area contributed by atoms with Crippen molar-refractivity contribution >= 4 is 29.6 Å². The molecule has 0 aromatic carbocycles. The lowest BCUT2D eigenvalue weighted by Crippen LogP contribution is -2.65. The van der Waals surface area contributed by atoms with Crippen LogP contribution < -0.4 is 15.5 Å². The molecule has 0 spiro atoms. The van der Waals surface area contributed by atoms with E-state index in [0.717, 1.165) is 5.82 Å². The lowest BCUT2D eigenvalue weighted by Gasteiger charge is -2.46. The maximum Gasteiger partial charge on any atom is 0.324 e. The summed E-state index contributed by atoms with van der Waals surface area (Å²) in [6.45, 7) is 3.94. The molecule has 0 unspecified atom stereocenters. The van der Waals surface area contributed by atoms with Crippen molar-refractivity contribution in [2.75, 3.05) is 70.7 Å². The molecule has 1 aromatic rings. The van der Waals surface area contributed by atoms with Gasteiger partial charge in [0.25, 0.3) is 5.91 Å². The zero-order valence-corrected chi connectivity index (χ0v) is 19.4. The third-order valence-corrected chi connectivity index (χ3v) is 5.46. The Kier molecular flexibility index (Phi) is 10.2. The number of amides is 4. The van der Waals surface area contributed by atoms with E-state index >= 15 is 0 Å². The van der Waals surface area contributed by atoms with Gasteiger partial charge >= 0.3 is 12.0 Å². The molecule has 2 fully saturated rings. The predicted octanol–water partition coefficient (Wildman–Crippen LogP) is -0.534. The van der Waals surface area contributed by atoms with Crippen LogP contribution in [0.5, 0.6) is 0 Å². The Labute approximate surface area is 202 Å². The fourth-order valence-corrected chi connectivity index (χ4v) is 3.51. The highest BCUT2D eigenvalue weighted by Crippen LogP contribution is 2.23. The lowest BCUT2D eigenvalue weighted by molar-refractivity contribution is -0.138. The van der Waals surface area contributed by atoms with E-state index in [1.165, 1.54) is 6.20 Å². The van der Waals surface area contributed by atoms with Crippen LogP contribution in [0.15, 0.2) is 18.3 Å². The largest absolute Gasteiger partial charge is 0.481 e. The van der Waals surface area contributed by atoms with Crippen LogP contribution in [-0.4, -0.2) is 111 Å². The van der Waals surface area contributed by atoms with Gasteiger partial charge in [0.05, 0.1) is 57.7 Å². The van der Waals surface area contributed by atoms with Crippen molar-refractivity contribution in [1.29, 1.82) is 0 Å². The molecule has 192 valence electrons. The van der Waals surface area contributed by atoms with Crippen LogP contribution in [0.1, 0.15) is 23.2 Å². The van der Waals surface area contributed by atoms with Gasteiger partial charge in [0.2, 0.25) is 5.91 Å². The first-order valence-electron chi connectivity index (χ1n) is 11.5. The number of carboxylic acids is 1. The first-order chi connectivity index (χ1) is 16.9. The Bertz CT molecular complexity index is 875. The Morgan fingerprint density at radius 2 is 1.74 bits per heavy atom. The average molecular weight is 494 g/mol. The van der Waals surface area contributed by atoms with E-state index in [1.54, 1.807) is 17.0 Å². The molecule has 3 heterocycles. The molecule has 3 rings (SSSR count). The highest BCUT2D eigenvalue weighted by Gasteiger charge is 2.37. The van der Waals surface area contributed by atoms with E-state index in [0.29, 0.717) is 71.2 Å². The number of hydrogen-bond donors (Lipinski definition) is 3. The summed E-state index contributed by atoms with van der Waals surface area (Å²) in [6, 6.07) is 3.16. The molecule has 2 aliphatic rings. The van der Waals surface area contributed by atoms with Crippen molar-refractivity contribution in [3.05, 3.63) is 23.9 Å². The fraction of sp³-hybridized carbons (Fsp3) is 0.591. The summed E-state index contributed by atoms with van der Waals surface area (Å²) >= 11 is 0. The van der Waals surface area contributed by atoms with Gasteiger partial charge in [-0.05, 0) is 12.1 Å². The van der Waals surface area contributed by atoms with E-state index in [9.17, 15) is 19.2 Å². The molecule has 0 radical (unpaired) electrons. The third-order valence-electron chi connectivity index (χ3n) is 5.46. The minimum Gasteiger partial charge on any atom is -0.481 e. The van der Waals surface area contributed by atoms with Gasteiger partial charge in [-0.3, -0.25) is 19.7 Å². The number of nitrogens with one attached hydrogen (secondary N) is 2. The number of aromatic nitrogens is 1. The summed E-state index contributed by atoms with van der Waals surface area (Å²) in [5.41, 5.74) is 0.436. The zero-order valence-electron chi connectivity index (χ0n) is 19.4.